The van der Waals surface area contributed by atoms with Crippen molar-refractivity contribution in [2.24, 2.45) is 5.73 Å². The Kier molecular flexibility index (Phi) is 2.14. The molecule has 2 aliphatic heterocycles. The summed E-state index contributed by atoms with van der Waals surface area (Å²) in [5.41, 5.74) is 6.36. The fourth-order valence-electron chi connectivity index (χ4n) is 2.31. The molecule has 3 heteroatoms. The van der Waals surface area contributed by atoms with Gasteiger partial charge >= 0.3 is 0 Å². The van der Waals surface area contributed by atoms with Gasteiger partial charge in [0, 0.05) is 12.0 Å². The molecule has 0 aliphatic carbocycles. The first kappa shape index (κ1) is 10.0. The van der Waals surface area contributed by atoms with Crippen LogP contribution in [0.2, 0.25) is 0 Å². The molecule has 16 heavy (non-hydrogen) atoms. The lowest BCUT2D eigenvalue weighted by Crippen LogP contribution is -2.41. The molecule has 3 nitrogen and oxygen atoms in total. The number of nitrogens with two attached hydrogens (primary N) is 1. The van der Waals surface area contributed by atoms with Crippen LogP contribution < -0.4 is 5.73 Å². The maximum atomic E-state index is 6.25. The second-order valence-electron chi connectivity index (χ2n) is 4.36. The van der Waals surface area contributed by atoms with Crippen molar-refractivity contribution in [2.45, 2.75) is 24.4 Å². The zero-order valence-corrected chi connectivity index (χ0v) is 9.06. The molecule has 2 heterocycles. The number of benzene rings is 1. The van der Waals surface area contributed by atoms with Gasteiger partial charge in [0.2, 0.25) is 0 Å². The summed E-state index contributed by atoms with van der Waals surface area (Å²) < 4.78 is 11.6. The van der Waals surface area contributed by atoms with Crippen molar-refractivity contribution in [3.05, 3.63) is 48.0 Å². The predicted molar refractivity (Wildman–Crippen MR) is 60.4 cm³/mol. The Labute approximate surface area is 94.9 Å². The second kappa shape index (κ2) is 3.42. The van der Waals surface area contributed by atoms with E-state index < -0.39 is 11.5 Å². The monoisotopic (exact) mass is 217 g/mol. The molecule has 2 unspecified atom stereocenters. The summed E-state index contributed by atoms with van der Waals surface area (Å²) in [5, 5.41) is 0. The zero-order valence-electron chi connectivity index (χ0n) is 9.06. The van der Waals surface area contributed by atoms with Gasteiger partial charge in [-0.15, -0.1) is 0 Å². The van der Waals surface area contributed by atoms with Crippen LogP contribution in [0.3, 0.4) is 0 Å². The van der Waals surface area contributed by atoms with Gasteiger partial charge in [0.25, 0.3) is 0 Å². The van der Waals surface area contributed by atoms with E-state index >= 15 is 0 Å². The molecule has 1 spiro atoms. The van der Waals surface area contributed by atoms with E-state index in [0.717, 1.165) is 25.0 Å². The molecule has 1 saturated heterocycles. The molecule has 0 saturated carbocycles. The SMILES string of the molecule is NC1(c2ccccc2)C=CC2(CCCO2)O1. The van der Waals surface area contributed by atoms with Crippen LogP contribution in [0.4, 0.5) is 0 Å². The molecular weight excluding hydrogens is 202 g/mol. The van der Waals surface area contributed by atoms with Crippen molar-refractivity contribution in [1.82, 2.24) is 0 Å². The average Bonchev–Trinajstić information content (AvgIpc) is 2.90. The molecule has 1 fully saturated rings. The number of rotatable bonds is 1. The van der Waals surface area contributed by atoms with Gasteiger partial charge in [-0.3, -0.25) is 5.73 Å². The van der Waals surface area contributed by atoms with E-state index in [0.29, 0.717) is 0 Å². The first-order valence-electron chi connectivity index (χ1n) is 5.61. The highest BCUT2D eigenvalue weighted by molar-refractivity contribution is 5.30. The lowest BCUT2D eigenvalue weighted by atomic mass is 10.0. The molecule has 2 atom stereocenters. The van der Waals surface area contributed by atoms with Gasteiger partial charge in [-0.05, 0) is 18.6 Å². The van der Waals surface area contributed by atoms with Gasteiger partial charge in [0.05, 0.1) is 6.61 Å². The highest BCUT2D eigenvalue weighted by atomic mass is 16.7. The average molecular weight is 217 g/mol. The summed E-state index contributed by atoms with van der Waals surface area (Å²) in [4.78, 5) is 0. The largest absolute Gasteiger partial charge is 0.346 e. The molecule has 0 aromatic heterocycles. The van der Waals surface area contributed by atoms with E-state index in [9.17, 15) is 0 Å². The van der Waals surface area contributed by atoms with Crippen LogP contribution in [0.25, 0.3) is 0 Å². The Morgan fingerprint density at radius 3 is 2.62 bits per heavy atom. The first-order valence-corrected chi connectivity index (χ1v) is 5.61. The fourth-order valence-corrected chi connectivity index (χ4v) is 2.31. The van der Waals surface area contributed by atoms with Gasteiger partial charge in [0.15, 0.2) is 11.5 Å². The normalized spacial score (nSPS) is 37.3. The summed E-state index contributed by atoms with van der Waals surface area (Å²) in [5.74, 6) is -0.579. The van der Waals surface area contributed by atoms with Crippen LogP contribution in [0.1, 0.15) is 18.4 Å². The smallest absolute Gasteiger partial charge is 0.190 e. The van der Waals surface area contributed by atoms with Crippen LogP contribution in [-0.2, 0) is 15.2 Å². The van der Waals surface area contributed by atoms with Crippen LogP contribution in [0.15, 0.2) is 42.5 Å². The Bertz CT molecular complexity index is 409. The van der Waals surface area contributed by atoms with Gasteiger partial charge in [-0.25, -0.2) is 0 Å². The van der Waals surface area contributed by atoms with Crippen molar-refractivity contribution < 1.29 is 9.47 Å². The van der Waals surface area contributed by atoms with Gasteiger partial charge in [0.1, 0.15) is 0 Å². The summed E-state index contributed by atoms with van der Waals surface area (Å²) in [7, 11) is 0. The lowest BCUT2D eigenvalue weighted by Gasteiger charge is -2.29. The minimum absolute atomic E-state index is 0.579. The van der Waals surface area contributed by atoms with Crippen LogP contribution >= 0.6 is 0 Å². The van der Waals surface area contributed by atoms with E-state index in [4.69, 9.17) is 15.2 Å². The molecule has 0 amide bonds. The van der Waals surface area contributed by atoms with E-state index in [1.165, 1.54) is 0 Å². The summed E-state index contributed by atoms with van der Waals surface area (Å²) in [6, 6.07) is 9.83. The topological polar surface area (TPSA) is 44.5 Å². The van der Waals surface area contributed by atoms with E-state index in [1.54, 1.807) is 0 Å². The third-order valence-corrected chi connectivity index (χ3v) is 3.17. The molecule has 2 aliphatic rings. The van der Waals surface area contributed by atoms with Crippen LogP contribution in [0, 0.1) is 0 Å². The minimum atomic E-state index is -0.842. The Hall–Kier alpha value is -1.16. The Morgan fingerprint density at radius 1 is 1.12 bits per heavy atom. The zero-order chi connectivity index (χ0) is 11.1. The first-order chi connectivity index (χ1) is 7.73. The maximum Gasteiger partial charge on any atom is 0.190 e. The lowest BCUT2D eigenvalue weighted by molar-refractivity contribution is -0.214. The molecule has 1 aromatic rings. The predicted octanol–water partition coefficient (Wildman–Crippen LogP) is 1.89. The summed E-state index contributed by atoms with van der Waals surface area (Å²) >= 11 is 0. The van der Waals surface area contributed by atoms with Gasteiger partial charge in [-0.2, -0.15) is 0 Å². The molecule has 0 radical (unpaired) electrons. The highest BCUT2D eigenvalue weighted by Gasteiger charge is 2.46. The van der Waals surface area contributed by atoms with Crippen LogP contribution in [-0.4, -0.2) is 12.4 Å². The Morgan fingerprint density at radius 2 is 1.94 bits per heavy atom. The molecule has 84 valence electrons. The Balaban J connectivity index is 1.90. The summed E-state index contributed by atoms with van der Waals surface area (Å²) in [6.07, 6.45) is 5.76. The number of hydrogen-bond acceptors (Lipinski definition) is 3. The van der Waals surface area contributed by atoms with Crippen molar-refractivity contribution in [2.75, 3.05) is 6.61 Å². The van der Waals surface area contributed by atoms with Crippen molar-refractivity contribution in [1.29, 1.82) is 0 Å². The number of ether oxygens (including phenoxy) is 2. The standard InChI is InChI=1S/C13H15NO2/c14-13(11-5-2-1-3-6-11)9-8-12(16-13)7-4-10-15-12/h1-3,5-6,8-9H,4,7,10,14H2. The van der Waals surface area contributed by atoms with Crippen LogP contribution in [0.5, 0.6) is 0 Å². The van der Waals surface area contributed by atoms with Crippen molar-refractivity contribution >= 4 is 0 Å². The molecule has 3 rings (SSSR count). The highest BCUT2D eigenvalue weighted by Crippen LogP contribution is 2.41. The quantitative estimate of drug-likeness (QED) is 0.731. The van der Waals surface area contributed by atoms with E-state index in [1.807, 2.05) is 42.5 Å². The third kappa shape index (κ3) is 1.48. The molecular formula is C13H15NO2. The molecule has 0 bridgehead atoms. The molecule has 2 N–H and O–H groups in total. The summed E-state index contributed by atoms with van der Waals surface area (Å²) in [6.45, 7) is 0.745. The van der Waals surface area contributed by atoms with E-state index in [2.05, 4.69) is 0 Å². The van der Waals surface area contributed by atoms with Gasteiger partial charge < -0.3 is 9.47 Å². The van der Waals surface area contributed by atoms with Crippen molar-refractivity contribution in [3.8, 4) is 0 Å². The minimum Gasteiger partial charge on any atom is -0.346 e. The van der Waals surface area contributed by atoms with Crippen molar-refractivity contribution in [3.63, 3.8) is 0 Å². The maximum absolute atomic E-state index is 6.25. The number of hydrogen-bond donors (Lipinski definition) is 1. The van der Waals surface area contributed by atoms with E-state index in [-0.39, 0.29) is 0 Å². The molecule has 1 aromatic carbocycles. The third-order valence-electron chi connectivity index (χ3n) is 3.17. The fraction of sp³-hybridized carbons (Fsp3) is 0.385. The van der Waals surface area contributed by atoms with Gasteiger partial charge in [-0.1, -0.05) is 30.3 Å². The second-order valence-corrected chi connectivity index (χ2v) is 4.36.